The molecule has 5 nitrogen and oxygen atoms in total. The number of alkyl halides is 3. The van der Waals surface area contributed by atoms with Gasteiger partial charge in [-0.3, -0.25) is 0 Å². The van der Waals surface area contributed by atoms with Crippen molar-refractivity contribution in [3.05, 3.63) is 65.1 Å². The highest BCUT2D eigenvalue weighted by Crippen LogP contribution is 2.40. The first-order valence-corrected chi connectivity index (χ1v) is 9.44. The van der Waals surface area contributed by atoms with Crippen LogP contribution in [-0.4, -0.2) is 14.7 Å². The summed E-state index contributed by atoms with van der Waals surface area (Å²) in [4.78, 5) is 4.10. The second kappa shape index (κ2) is 7.68. The maximum atomic E-state index is 14.0. The van der Waals surface area contributed by atoms with Crippen molar-refractivity contribution in [2.24, 2.45) is 0 Å². The number of aryl methyl sites for hydroxylation is 1. The van der Waals surface area contributed by atoms with Crippen LogP contribution < -0.4 is 5.73 Å². The molecule has 2 aromatic carbocycles. The number of hydrogen-bond acceptors (Lipinski definition) is 4. The monoisotopic (exact) mass is 436 g/mol. The van der Waals surface area contributed by atoms with Crippen molar-refractivity contribution in [2.75, 3.05) is 5.73 Å². The van der Waals surface area contributed by atoms with Crippen LogP contribution in [0.25, 0.3) is 22.4 Å². The molecule has 0 fully saturated rings. The van der Waals surface area contributed by atoms with Gasteiger partial charge in [-0.15, -0.1) is 0 Å². The number of nitrogens with two attached hydrogens (primary N) is 1. The zero-order chi connectivity index (χ0) is 22.3. The molecule has 162 valence electrons. The van der Waals surface area contributed by atoms with Gasteiger partial charge in [0.05, 0.1) is 17.7 Å². The van der Waals surface area contributed by atoms with Crippen LogP contribution >= 0.6 is 0 Å². The summed E-state index contributed by atoms with van der Waals surface area (Å²) in [5.74, 6) is -1.52. The van der Waals surface area contributed by atoms with E-state index in [1.807, 2.05) is 6.92 Å². The number of aromatic nitrogens is 3. The van der Waals surface area contributed by atoms with E-state index in [1.54, 1.807) is 4.57 Å². The van der Waals surface area contributed by atoms with Gasteiger partial charge in [-0.25, -0.2) is 8.78 Å². The minimum Gasteiger partial charge on any atom is -0.398 e. The summed E-state index contributed by atoms with van der Waals surface area (Å²) in [6.07, 6.45) is -3.41. The van der Waals surface area contributed by atoms with Crippen LogP contribution in [0.3, 0.4) is 0 Å². The average molecular weight is 436 g/mol. The Hall–Kier alpha value is -3.43. The molecule has 0 aliphatic heterocycles. The SMILES string of the molecule is CCCc1cc2c(C(F)(F)F)c(N)ccc2n1Cc1noc(-c2cc(F)ccc2F)n1. The molecule has 31 heavy (non-hydrogen) atoms. The smallest absolute Gasteiger partial charge is 0.398 e. The molecule has 2 aromatic heterocycles. The second-order valence-corrected chi connectivity index (χ2v) is 7.07. The minimum absolute atomic E-state index is 0.0134. The molecule has 4 rings (SSSR count). The zero-order valence-electron chi connectivity index (χ0n) is 16.3. The lowest BCUT2D eigenvalue weighted by Gasteiger charge is -2.12. The highest BCUT2D eigenvalue weighted by atomic mass is 19.4. The van der Waals surface area contributed by atoms with E-state index < -0.39 is 23.4 Å². The van der Waals surface area contributed by atoms with Crippen LogP contribution in [0.2, 0.25) is 0 Å². The minimum atomic E-state index is -4.62. The molecule has 0 saturated heterocycles. The van der Waals surface area contributed by atoms with Crippen molar-refractivity contribution in [2.45, 2.75) is 32.5 Å². The molecule has 0 aliphatic rings. The lowest BCUT2D eigenvalue weighted by molar-refractivity contribution is -0.135. The Labute approximate surface area is 173 Å². The van der Waals surface area contributed by atoms with E-state index in [0.29, 0.717) is 24.1 Å². The lowest BCUT2D eigenvalue weighted by atomic mass is 10.1. The first kappa shape index (κ1) is 20.8. The highest BCUT2D eigenvalue weighted by Gasteiger charge is 2.36. The van der Waals surface area contributed by atoms with Crippen LogP contribution in [-0.2, 0) is 19.1 Å². The topological polar surface area (TPSA) is 69.9 Å². The van der Waals surface area contributed by atoms with Crippen molar-refractivity contribution < 1.29 is 26.5 Å². The Morgan fingerprint density at radius 2 is 1.87 bits per heavy atom. The van der Waals surface area contributed by atoms with Crippen LogP contribution in [0.1, 0.15) is 30.4 Å². The van der Waals surface area contributed by atoms with Crippen LogP contribution in [0.4, 0.5) is 27.6 Å². The van der Waals surface area contributed by atoms with E-state index in [0.717, 1.165) is 18.2 Å². The molecule has 0 radical (unpaired) electrons. The molecule has 4 aromatic rings. The standard InChI is InChI=1S/C21H17F5N4O/c1-2-3-12-9-14-17(7-6-16(27)19(14)21(24,25)26)30(12)10-18-28-20(31-29-18)13-8-11(22)4-5-15(13)23/h4-9H,2-3,10,27H2,1H3. The number of hydrogen-bond donors (Lipinski definition) is 1. The van der Waals surface area contributed by atoms with Gasteiger partial charge >= 0.3 is 6.18 Å². The molecule has 0 atom stereocenters. The van der Waals surface area contributed by atoms with E-state index in [4.69, 9.17) is 10.3 Å². The van der Waals surface area contributed by atoms with E-state index in [9.17, 15) is 22.0 Å². The number of benzene rings is 2. The summed E-state index contributed by atoms with van der Waals surface area (Å²) in [6, 6.07) is 7.01. The largest absolute Gasteiger partial charge is 0.419 e. The maximum absolute atomic E-state index is 14.0. The number of halogens is 5. The molecular weight excluding hydrogens is 419 g/mol. The van der Waals surface area contributed by atoms with Gasteiger partial charge in [0, 0.05) is 22.3 Å². The van der Waals surface area contributed by atoms with E-state index >= 15 is 0 Å². The normalized spacial score (nSPS) is 12.1. The van der Waals surface area contributed by atoms with Crippen LogP contribution in [0.5, 0.6) is 0 Å². The predicted molar refractivity (Wildman–Crippen MR) is 104 cm³/mol. The van der Waals surface area contributed by atoms with Crippen LogP contribution in [0.15, 0.2) is 40.9 Å². The third-order valence-electron chi connectivity index (χ3n) is 4.92. The van der Waals surface area contributed by atoms with Gasteiger partial charge in [0.2, 0.25) is 0 Å². The molecular formula is C21H17F5N4O. The Bertz CT molecular complexity index is 1260. The highest BCUT2D eigenvalue weighted by molar-refractivity contribution is 5.89. The molecule has 0 spiro atoms. The zero-order valence-corrected chi connectivity index (χ0v) is 16.3. The fraction of sp³-hybridized carbons (Fsp3) is 0.238. The molecule has 2 N–H and O–H groups in total. The van der Waals surface area contributed by atoms with Crippen LogP contribution in [0, 0.1) is 11.6 Å². The van der Waals surface area contributed by atoms with Gasteiger partial charge in [-0.1, -0.05) is 18.5 Å². The summed E-state index contributed by atoms with van der Waals surface area (Å²) >= 11 is 0. The van der Waals surface area contributed by atoms with Gasteiger partial charge in [0.25, 0.3) is 5.89 Å². The Balaban J connectivity index is 1.79. The molecule has 0 bridgehead atoms. The summed E-state index contributed by atoms with van der Waals surface area (Å²) in [5.41, 5.74) is 5.12. The maximum Gasteiger partial charge on any atom is 0.419 e. The molecule has 2 heterocycles. The van der Waals surface area contributed by atoms with Crippen molar-refractivity contribution in [3.63, 3.8) is 0 Å². The lowest BCUT2D eigenvalue weighted by Crippen LogP contribution is -2.10. The van der Waals surface area contributed by atoms with Gasteiger partial charge in [-0.05, 0) is 42.8 Å². The number of fused-ring (bicyclic) bond motifs is 1. The van der Waals surface area contributed by atoms with Crippen molar-refractivity contribution >= 4 is 16.6 Å². The number of anilines is 1. The van der Waals surface area contributed by atoms with E-state index in [2.05, 4.69) is 10.1 Å². The molecule has 0 unspecified atom stereocenters. The molecule has 0 saturated carbocycles. The fourth-order valence-corrected chi connectivity index (χ4v) is 3.60. The van der Waals surface area contributed by atoms with Gasteiger partial charge in [0.15, 0.2) is 5.82 Å². The first-order valence-electron chi connectivity index (χ1n) is 9.44. The Kier molecular flexibility index (Phi) is 5.16. The summed E-state index contributed by atoms with van der Waals surface area (Å²) in [6.45, 7) is 1.89. The van der Waals surface area contributed by atoms with Crippen molar-refractivity contribution in [1.29, 1.82) is 0 Å². The number of nitrogen functional groups attached to an aromatic ring is 1. The predicted octanol–water partition coefficient (Wildman–Crippen LogP) is 5.57. The fourth-order valence-electron chi connectivity index (χ4n) is 3.60. The summed E-state index contributed by atoms with van der Waals surface area (Å²) < 4.78 is 75.0. The third-order valence-corrected chi connectivity index (χ3v) is 4.92. The quantitative estimate of drug-likeness (QED) is 0.328. The van der Waals surface area contributed by atoms with Gasteiger partial charge < -0.3 is 14.8 Å². The summed E-state index contributed by atoms with van der Waals surface area (Å²) in [7, 11) is 0. The summed E-state index contributed by atoms with van der Waals surface area (Å²) in [5, 5.41) is 3.77. The van der Waals surface area contributed by atoms with Crippen molar-refractivity contribution in [1.82, 2.24) is 14.7 Å². The molecule has 0 aliphatic carbocycles. The van der Waals surface area contributed by atoms with Gasteiger partial charge in [0.1, 0.15) is 11.6 Å². The number of rotatable bonds is 5. The van der Waals surface area contributed by atoms with Crippen molar-refractivity contribution in [3.8, 4) is 11.5 Å². The number of nitrogens with zero attached hydrogens (tertiary/aromatic N) is 3. The average Bonchev–Trinajstić information content (AvgIpc) is 3.28. The molecule has 0 amide bonds. The van der Waals surface area contributed by atoms with Gasteiger partial charge in [-0.2, -0.15) is 18.2 Å². The molecule has 10 heteroatoms. The van der Waals surface area contributed by atoms with E-state index in [-0.39, 0.29) is 34.9 Å². The Morgan fingerprint density at radius 1 is 1.10 bits per heavy atom. The second-order valence-electron chi connectivity index (χ2n) is 7.07. The third kappa shape index (κ3) is 3.85. The van der Waals surface area contributed by atoms with E-state index in [1.165, 1.54) is 18.2 Å². The Morgan fingerprint density at radius 3 is 2.58 bits per heavy atom. The first-order chi connectivity index (χ1) is 14.7.